The Kier molecular flexibility index (Phi) is 4.50. The van der Waals surface area contributed by atoms with Crippen LogP contribution in [0, 0.1) is 0 Å². The minimum Gasteiger partial charge on any atom is -0.308 e. The van der Waals surface area contributed by atoms with Crippen molar-refractivity contribution in [2.24, 2.45) is 0 Å². The van der Waals surface area contributed by atoms with Gasteiger partial charge >= 0.3 is 0 Å². The Hall–Kier alpha value is -0.120. The number of rotatable bonds is 5. The molecule has 1 heterocycles. The molecule has 0 amide bonds. The molecule has 1 fully saturated rings. The van der Waals surface area contributed by atoms with Crippen molar-refractivity contribution in [2.75, 3.05) is 39.9 Å². The molecule has 0 unspecified atom stereocenters. The van der Waals surface area contributed by atoms with Crippen LogP contribution >= 0.6 is 0 Å². The fraction of sp³-hybridized carbons (Fsp3) is 1.00. The molecule has 3 heteroatoms. The quantitative estimate of drug-likeness (QED) is 0.429. The lowest BCUT2D eigenvalue weighted by atomic mass is 10.4. The fourth-order valence-electron chi connectivity index (χ4n) is 1.46. The maximum atomic E-state index is 3.31. The van der Waals surface area contributed by atoms with Crippen molar-refractivity contribution in [2.45, 2.75) is 12.8 Å². The number of likely N-dealkylation sites (tertiary alicyclic amines) is 1. The molecular formula is C8H19N3. The molecule has 66 valence electrons. The Balaban J connectivity index is 1.86. The summed E-state index contributed by atoms with van der Waals surface area (Å²) in [5.41, 5.74) is 0. The third-order valence-electron chi connectivity index (χ3n) is 2.11. The van der Waals surface area contributed by atoms with Gasteiger partial charge in [-0.25, -0.2) is 0 Å². The molecule has 0 bridgehead atoms. The van der Waals surface area contributed by atoms with Crippen LogP contribution in [0.25, 0.3) is 0 Å². The molecule has 1 aliphatic heterocycles. The van der Waals surface area contributed by atoms with E-state index in [1.54, 1.807) is 0 Å². The van der Waals surface area contributed by atoms with Crippen LogP contribution in [-0.4, -0.2) is 44.8 Å². The first-order chi connectivity index (χ1) is 5.43. The van der Waals surface area contributed by atoms with E-state index in [1.165, 1.54) is 32.5 Å². The largest absolute Gasteiger partial charge is 0.308 e. The summed E-state index contributed by atoms with van der Waals surface area (Å²) >= 11 is 0. The van der Waals surface area contributed by atoms with E-state index in [1.807, 2.05) is 7.05 Å². The van der Waals surface area contributed by atoms with Gasteiger partial charge in [-0.15, -0.1) is 0 Å². The first-order valence-corrected chi connectivity index (χ1v) is 4.51. The highest BCUT2D eigenvalue weighted by Gasteiger charge is 2.09. The van der Waals surface area contributed by atoms with Gasteiger partial charge in [0.2, 0.25) is 0 Å². The van der Waals surface area contributed by atoms with Crippen molar-refractivity contribution >= 4 is 0 Å². The molecule has 1 rings (SSSR count). The van der Waals surface area contributed by atoms with Crippen LogP contribution in [0.3, 0.4) is 0 Å². The number of hydrogen-bond acceptors (Lipinski definition) is 3. The maximum Gasteiger partial charge on any atom is 0.0452 e. The van der Waals surface area contributed by atoms with Crippen LogP contribution in [-0.2, 0) is 0 Å². The Bertz CT molecular complexity index is 89.3. The first-order valence-electron chi connectivity index (χ1n) is 4.51. The molecule has 3 nitrogen and oxygen atoms in total. The van der Waals surface area contributed by atoms with Crippen molar-refractivity contribution in [3.63, 3.8) is 0 Å². The van der Waals surface area contributed by atoms with Gasteiger partial charge in [0.25, 0.3) is 0 Å². The van der Waals surface area contributed by atoms with E-state index in [2.05, 4.69) is 15.5 Å². The van der Waals surface area contributed by atoms with Crippen LogP contribution in [0.5, 0.6) is 0 Å². The van der Waals surface area contributed by atoms with Crippen molar-refractivity contribution in [1.29, 1.82) is 0 Å². The van der Waals surface area contributed by atoms with Gasteiger partial charge in [0, 0.05) is 19.8 Å². The summed E-state index contributed by atoms with van der Waals surface area (Å²) in [6.45, 7) is 5.86. The normalized spacial score (nSPS) is 19.4. The lowest BCUT2D eigenvalue weighted by Gasteiger charge is -2.14. The smallest absolute Gasteiger partial charge is 0.0452 e. The number of hydrogen-bond donors (Lipinski definition) is 2. The van der Waals surface area contributed by atoms with Crippen LogP contribution in [0.4, 0.5) is 0 Å². The van der Waals surface area contributed by atoms with Crippen LogP contribution in [0.1, 0.15) is 12.8 Å². The monoisotopic (exact) mass is 157 g/mol. The minimum atomic E-state index is 0.924. The van der Waals surface area contributed by atoms with Crippen LogP contribution in [0.15, 0.2) is 0 Å². The van der Waals surface area contributed by atoms with E-state index in [-0.39, 0.29) is 0 Å². The van der Waals surface area contributed by atoms with Crippen molar-refractivity contribution in [1.82, 2.24) is 15.5 Å². The predicted molar refractivity (Wildman–Crippen MR) is 47.6 cm³/mol. The molecule has 1 saturated heterocycles. The van der Waals surface area contributed by atoms with Gasteiger partial charge in [-0.2, -0.15) is 0 Å². The van der Waals surface area contributed by atoms with Gasteiger partial charge in [-0.05, 0) is 33.0 Å². The maximum absolute atomic E-state index is 3.31. The number of nitrogens with zero attached hydrogens (tertiary/aromatic N) is 1. The fourth-order valence-corrected chi connectivity index (χ4v) is 1.46. The summed E-state index contributed by atoms with van der Waals surface area (Å²) in [7, 11) is 1.96. The molecule has 0 atom stereocenters. The average Bonchev–Trinajstić information content (AvgIpc) is 2.50. The van der Waals surface area contributed by atoms with Gasteiger partial charge in [0.1, 0.15) is 0 Å². The summed E-state index contributed by atoms with van der Waals surface area (Å²) < 4.78 is 0. The second kappa shape index (κ2) is 5.52. The topological polar surface area (TPSA) is 27.3 Å². The molecule has 0 saturated carbocycles. The highest BCUT2D eigenvalue weighted by atomic mass is 15.2. The van der Waals surface area contributed by atoms with Crippen molar-refractivity contribution in [3.05, 3.63) is 0 Å². The van der Waals surface area contributed by atoms with E-state index in [0.717, 1.165) is 13.2 Å². The Morgan fingerprint density at radius 2 is 2.00 bits per heavy atom. The zero-order valence-electron chi connectivity index (χ0n) is 7.40. The molecule has 0 aromatic heterocycles. The standard InChI is InChI=1S/C8H19N3/c1-9-8-10-4-7-11-5-2-3-6-11/h9-10H,2-8H2,1H3. The van der Waals surface area contributed by atoms with Gasteiger partial charge in [-0.1, -0.05) is 0 Å². The molecule has 0 aromatic carbocycles. The van der Waals surface area contributed by atoms with Crippen molar-refractivity contribution in [3.8, 4) is 0 Å². The summed E-state index contributed by atoms with van der Waals surface area (Å²) in [5, 5.41) is 6.37. The van der Waals surface area contributed by atoms with E-state index in [0.29, 0.717) is 0 Å². The third-order valence-corrected chi connectivity index (χ3v) is 2.11. The summed E-state index contributed by atoms with van der Waals surface area (Å²) in [5.74, 6) is 0. The van der Waals surface area contributed by atoms with Gasteiger partial charge in [0.15, 0.2) is 0 Å². The molecule has 0 aliphatic carbocycles. The molecule has 2 N–H and O–H groups in total. The molecule has 11 heavy (non-hydrogen) atoms. The Labute approximate surface area is 69.1 Å². The number of nitrogens with one attached hydrogen (secondary N) is 2. The molecule has 0 spiro atoms. The zero-order valence-corrected chi connectivity index (χ0v) is 7.40. The lowest BCUT2D eigenvalue weighted by molar-refractivity contribution is 0.335. The Morgan fingerprint density at radius 3 is 2.64 bits per heavy atom. The van der Waals surface area contributed by atoms with E-state index >= 15 is 0 Å². The zero-order chi connectivity index (χ0) is 7.94. The molecule has 0 radical (unpaired) electrons. The molecular weight excluding hydrogens is 138 g/mol. The minimum absolute atomic E-state index is 0.924. The summed E-state index contributed by atoms with van der Waals surface area (Å²) in [4.78, 5) is 2.52. The van der Waals surface area contributed by atoms with Crippen molar-refractivity contribution < 1.29 is 0 Å². The highest BCUT2D eigenvalue weighted by Crippen LogP contribution is 2.05. The van der Waals surface area contributed by atoms with Gasteiger partial charge < -0.3 is 15.5 Å². The average molecular weight is 157 g/mol. The van der Waals surface area contributed by atoms with E-state index < -0.39 is 0 Å². The third kappa shape index (κ3) is 3.70. The molecule has 0 aromatic rings. The van der Waals surface area contributed by atoms with E-state index in [9.17, 15) is 0 Å². The highest BCUT2D eigenvalue weighted by molar-refractivity contribution is 4.66. The molecule has 1 aliphatic rings. The second-order valence-electron chi connectivity index (χ2n) is 3.08. The van der Waals surface area contributed by atoms with Gasteiger partial charge in [0.05, 0.1) is 0 Å². The van der Waals surface area contributed by atoms with E-state index in [4.69, 9.17) is 0 Å². The van der Waals surface area contributed by atoms with Crippen LogP contribution in [0.2, 0.25) is 0 Å². The summed E-state index contributed by atoms with van der Waals surface area (Å²) in [6, 6.07) is 0. The second-order valence-corrected chi connectivity index (χ2v) is 3.08. The lowest BCUT2D eigenvalue weighted by Crippen LogP contribution is -2.34. The summed E-state index contributed by atoms with van der Waals surface area (Å²) in [6.07, 6.45) is 2.79. The van der Waals surface area contributed by atoms with Crippen LogP contribution < -0.4 is 10.6 Å². The van der Waals surface area contributed by atoms with Gasteiger partial charge in [-0.3, -0.25) is 0 Å². The predicted octanol–water partition coefficient (Wildman–Crippen LogP) is -0.151. The first kappa shape index (κ1) is 8.97. The SMILES string of the molecule is CNCNCCN1CCCC1. The Morgan fingerprint density at radius 1 is 1.27 bits per heavy atom.